The summed E-state index contributed by atoms with van der Waals surface area (Å²) in [6.07, 6.45) is 12.3. The van der Waals surface area contributed by atoms with Crippen molar-refractivity contribution in [1.29, 1.82) is 0 Å². The van der Waals surface area contributed by atoms with Gasteiger partial charge in [-0.2, -0.15) is 10.2 Å². The molecule has 82 valence electrons. The molecular weight excluding hydrogens is 180 g/mol. The molecular formula is C10H26N2S. The van der Waals surface area contributed by atoms with Crippen LogP contribution in [0, 0.1) is 0 Å². The molecule has 0 aliphatic rings. The van der Waals surface area contributed by atoms with Gasteiger partial charge in [-0.1, -0.05) is 12.8 Å². The van der Waals surface area contributed by atoms with Crippen molar-refractivity contribution in [2.45, 2.75) is 25.7 Å². The van der Waals surface area contributed by atoms with Gasteiger partial charge in [0.15, 0.2) is 0 Å². The van der Waals surface area contributed by atoms with E-state index in [4.69, 9.17) is 0 Å². The first kappa shape index (κ1) is 13.3. The Kier molecular flexibility index (Phi) is 7.81. The molecule has 0 bridgehead atoms. The van der Waals surface area contributed by atoms with E-state index in [-0.39, 0.29) is 0 Å². The van der Waals surface area contributed by atoms with Crippen LogP contribution in [-0.2, 0) is 0 Å². The van der Waals surface area contributed by atoms with Crippen molar-refractivity contribution < 1.29 is 0 Å². The Bertz CT molecular complexity index is 110. The summed E-state index contributed by atoms with van der Waals surface area (Å²) < 4.78 is 3.58. The molecule has 0 aromatic carbocycles. The van der Waals surface area contributed by atoms with Crippen LogP contribution in [0.15, 0.2) is 0 Å². The fourth-order valence-corrected chi connectivity index (χ4v) is 1.92. The maximum absolute atomic E-state index is 3.58. The second-order valence-corrected chi connectivity index (χ2v) is 8.21. The monoisotopic (exact) mass is 206 g/mol. The lowest BCUT2D eigenvalue weighted by Gasteiger charge is -2.26. The molecule has 0 radical (unpaired) electrons. The predicted molar refractivity (Wildman–Crippen MR) is 65.8 cm³/mol. The predicted octanol–water partition coefficient (Wildman–Crippen LogP) is 1.96. The van der Waals surface area contributed by atoms with Crippen LogP contribution >= 0.6 is 10.2 Å². The standard InChI is InChI=1S/C10H26N2S/c1-11-9-7-5-6-8-10-12-13(2,3)4/h11-12H,5-10H2,1-4H3. The smallest absolute Gasteiger partial charge is 0.00433 e. The molecule has 13 heavy (non-hydrogen) atoms. The highest BCUT2D eigenvalue weighted by molar-refractivity contribution is 8.30. The lowest BCUT2D eigenvalue weighted by Crippen LogP contribution is -2.18. The Morgan fingerprint density at radius 3 is 1.85 bits per heavy atom. The summed E-state index contributed by atoms with van der Waals surface area (Å²) in [5, 5.41) is 3.17. The lowest BCUT2D eigenvalue weighted by atomic mass is 10.2. The Morgan fingerprint density at radius 2 is 1.38 bits per heavy atom. The van der Waals surface area contributed by atoms with Crippen molar-refractivity contribution in [2.24, 2.45) is 0 Å². The van der Waals surface area contributed by atoms with Crippen molar-refractivity contribution >= 4 is 10.2 Å². The molecule has 0 unspecified atom stereocenters. The first-order chi connectivity index (χ1) is 6.06. The van der Waals surface area contributed by atoms with Crippen LogP contribution < -0.4 is 10.0 Å². The first-order valence-electron chi connectivity index (χ1n) is 5.14. The van der Waals surface area contributed by atoms with Crippen molar-refractivity contribution in [1.82, 2.24) is 10.0 Å². The zero-order valence-corrected chi connectivity index (χ0v) is 10.5. The minimum Gasteiger partial charge on any atom is -0.320 e. The largest absolute Gasteiger partial charge is 0.320 e. The molecule has 3 heteroatoms. The van der Waals surface area contributed by atoms with Gasteiger partial charge in [-0.3, -0.25) is 4.72 Å². The Hall–Kier alpha value is 0.270. The van der Waals surface area contributed by atoms with E-state index in [0.29, 0.717) is 0 Å². The molecule has 0 atom stereocenters. The van der Waals surface area contributed by atoms with Crippen LogP contribution in [0.5, 0.6) is 0 Å². The van der Waals surface area contributed by atoms with Crippen LogP contribution in [0.25, 0.3) is 0 Å². The molecule has 0 aliphatic carbocycles. The number of unbranched alkanes of at least 4 members (excludes halogenated alkanes) is 3. The summed E-state index contributed by atoms with van der Waals surface area (Å²) in [5.74, 6) is 0. The average molecular weight is 206 g/mol. The third kappa shape index (κ3) is 12.3. The molecule has 0 aromatic heterocycles. The fraction of sp³-hybridized carbons (Fsp3) is 1.00. The summed E-state index contributed by atoms with van der Waals surface area (Å²) in [6.45, 7) is 2.36. The van der Waals surface area contributed by atoms with Crippen molar-refractivity contribution in [2.75, 3.05) is 38.9 Å². The maximum atomic E-state index is 3.58. The molecule has 0 amide bonds. The number of hydrogen-bond acceptors (Lipinski definition) is 2. The van der Waals surface area contributed by atoms with E-state index in [1.165, 1.54) is 32.2 Å². The van der Waals surface area contributed by atoms with Gasteiger partial charge in [-0.25, -0.2) is 0 Å². The Morgan fingerprint density at radius 1 is 0.846 bits per heavy atom. The summed E-state index contributed by atoms with van der Waals surface area (Å²) in [4.78, 5) is 0. The molecule has 0 rings (SSSR count). The van der Waals surface area contributed by atoms with Crippen molar-refractivity contribution in [3.8, 4) is 0 Å². The zero-order chi connectivity index (χ0) is 10.2. The second kappa shape index (κ2) is 7.65. The van der Waals surface area contributed by atoms with Gasteiger partial charge in [0.25, 0.3) is 0 Å². The third-order valence-corrected chi connectivity index (χ3v) is 2.96. The highest BCUT2D eigenvalue weighted by Gasteiger charge is 2.00. The van der Waals surface area contributed by atoms with Crippen LogP contribution in [0.4, 0.5) is 0 Å². The average Bonchev–Trinajstić information content (AvgIpc) is 2.01. The first-order valence-corrected chi connectivity index (χ1v) is 7.99. The fourth-order valence-electron chi connectivity index (χ4n) is 1.16. The highest BCUT2D eigenvalue weighted by Crippen LogP contribution is 2.28. The van der Waals surface area contributed by atoms with Crippen LogP contribution in [0.3, 0.4) is 0 Å². The van der Waals surface area contributed by atoms with Crippen LogP contribution in [0.1, 0.15) is 25.7 Å². The normalized spacial score (nSPS) is 13.2. The minimum atomic E-state index is -0.484. The molecule has 2 N–H and O–H groups in total. The van der Waals surface area contributed by atoms with Crippen LogP contribution in [0.2, 0.25) is 0 Å². The van der Waals surface area contributed by atoms with Crippen molar-refractivity contribution in [3.63, 3.8) is 0 Å². The van der Waals surface area contributed by atoms with E-state index in [9.17, 15) is 0 Å². The number of hydrogen-bond donors (Lipinski definition) is 2. The van der Waals surface area contributed by atoms with Gasteiger partial charge < -0.3 is 5.32 Å². The SMILES string of the molecule is CNCCCCCCNS(C)(C)C. The molecule has 0 saturated heterocycles. The van der Waals surface area contributed by atoms with E-state index in [0.717, 1.165) is 6.54 Å². The highest BCUT2D eigenvalue weighted by atomic mass is 32.3. The quantitative estimate of drug-likeness (QED) is 0.593. The van der Waals surface area contributed by atoms with E-state index >= 15 is 0 Å². The molecule has 0 spiro atoms. The van der Waals surface area contributed by atoms with Gasteiger partial charge in [-0.05, 0) is 45.2 Å². The summed E-state index contributed by atoms with van der Waals surface area (Å²) in [6, 6.07) is 0. The van der Waals surface area contributed by atoms with E-state index in [1.54, 1.807) is 0 Å². The van der Waals surface area contributed by atoms with Crippen molar-refractivity contribution in [3.05, 3.63) is 0 Å². The van der Waals surface area contributed by atoms with Gasteiger partial charge in [0, 0.05) is 6.54 Å². The summed E-state index contributed by atoms with van der Waals surface area (Å²) >= 11 is 0. The van der Waals surface area contributed by atoms with E-state index in [1.807, 2.05) is 7.05 Å². The summed E-state index contributed by atoms with van der Waals surface area (Å²) in [7, 11) is 1.53. The molecule has 0 heterocycles. The lowest BCUT2D eigenvalue weighted by molar-refractivity contribution is 0.614. The molecule has 2 nitrogen and oxygen atoms in total. The van der Waals surface area contributed by atoms with Gasteiger partial charge in [0.1, 0.15) is 0 Å². The number of rotatable bonds is 8. The maximum Gasteiger partial charge on any atom is 0.00433 e. The zero-order valence-electron chi connectivity index (χ0n) is 9.65. The van der Waals surface area contributed by atoms with Gasteiger partial charge in [-0.15, -0.1) is 0 Å². The molecule has 0 fully saturated rings. The second-order valence-electron chi connectivity index (χ2n) is 4.25. The molecule has 0 aliphatic heterocycles. The molecule has 0 saturated carbocycles. The molecule has 0 aromatic rings. The van der Waals surface area contributed by atoms with Gasteiger partial charge >= 0.3 is 0 Å². The Labute approximate surface area is 85.3 Å². The van der Waals surface area contributed by atoms with E-state index in [2.05, 4.69) is 28.8 Å². The van der Waals surface area contributed by atoms with Gasteiger partial charge in [0.2, 0.25) is 0 Å². The third-order valence-electron chi connectivity index (χ3n) is 1.89. The topological polar surface area (TPSA) is 24.1 Å². The van der Waals surface area contributed by atoms with E-state index < -0.39 is 10.2 Å². The van der Waals surface area contributed by atoms with Crippen LogP contribution in [-0.4, -0.2) is 38.9 Å². The Balaban J connectivity index is 3.00. The minimum absolute atomic E-state index is 0.484. The summed E-state index contributed by atoms with van der Waals surface area (Å²) in [5.41, 5.74) is 0. The number of nitrogens with one attached hydrogen (secondary N) is 2. The van der Waals surface area contributed by atoms with Gasteiger partial charge in [0.05, 0.1) is 0 Å².